The van der Waals surface area contributed by atoms with E-state index in [0.717, 1.165) is 11.1 Å². The smallest absolute Gasteiger partial charge is 0.273 e. The summed E-state index contributed by atoms with van der Waals surface area (Å²) in [6.45, 7) is 1.19. The minimum Gasteiger partial charge on any atom is -0.461 e. The van der Waals surface area contributed by atoms with Gasteiger partial charge in [0.15, 0.2) is 0 Å². The molecule has 1 aliphatic heterocycles. The van der Waals surface area contributed by atoms with Crippen LogP contribution >= 0.6 is 0 Å². The zero-order valence-electron chi connectivity index (χ0n) is 18.0. The predicted molar refractivity (Wildman–Crippen MR) is 123 cm³/mol. The van der Waals surface area contributed by atoms with E-state index in [1.807, 2.05) is 66.7 Å². The van der Waals surface area contributed by atoms with Gasteiger partial charge in [-0.15, -0.1) is 0 Å². The van der Waals surface area contributed by atoms with Gasteiger partial charge in [-0.05, 0) is 23.3 Å². The summed E-state index contributed by atoms with van der Waals surface area (Å²) in [5, 5.41) is 11.0. The Balaban J connectivity index is 1.41. The van der Waals surface area contributed by atoms with Crippen LogP contribution in [0.2, 0.25) is 0 Å². The maximum Gasteiger partial charge on any atom is 0.273 e. The van der Waals surface area contributed by atoms with Crippen LogP contribution in [0, 0.1) is 10.1 Å². The maximum absolute atomic E-state index is 11.0. The molecule has 3 aromatic carbocycles. The minimum absolute atomic E-state index is 0.0425. The van der Waals surface area contributed by atoms with Crippen LogP contribution in [0.25, 0.3) is 0 Å². The van der Waals surface area contributed by atoms with Crippen molar-refractivity contribution < 1.29 is 23.9 Å². The van der Waals surface area contributed by atoms with Crippen LogP contribution in [0.1, 0.15) is 11.1 Å². The first-order valence-corrected chi connectivity index (χ1v) is 10.7. The van der Waals surface area contributed by atoms with Gasteiger partial charge in [-0.1, -0.05) is 72.8 Å². The van der Waals surface area contributed by atoms with Crippen LogP contribution in [0.15, 0.2) is 97.1 Å². The van der Waals surface area contributed by atoms with Gasteiger partial charge in [0.1, 0.15) is 18.0 Å². The van der Waals surface area contributed by atoms with E-state index >= 15 is 0 Å². The fourth-order valence-corrected chi connectivity index (χ4v) is 3.42. The van der Waals surface area contributed by atoms with E-state index in [4.69, 9.17) is 18.9 Å². The quantitative estimate of drug-likeness (QED) is 0.246. The standard InChI is InChI=1S/C26H25NO6/c28-27(29)22-12-7-13-23(16-22)32-26-15-14-24(31-18-21-10-5-2-6-11-21)25(33-26)19-30-17-20-8-3-1-4-9-20/h1-16,24-26H,17-19H2/t24-,25+,26-/m0/s1. The first kappa shape index (κ1) is 22.7. The molecule has 1 aliphatic rings. The van der Waals surface area contributed by atoms with Crippen LogP contribution in [-0.2, 0) is 27.4 Å². The van der Waals surface area contributed by atoms with Crippen LogP contribution in [0.3, 0.4) is 0 Å². The van der Waals surface area contributed by atoms with Gasteiger partial charge in [-0.25, -0.2) is 0 Å². The molecule has 0 saturated heterocycles. The highest BCUT2D eigenvalue weighted by Gasteiger charge is 2.29. The molecule has 0 bridgehead atoms. The SMILES string of the molecule is O=[N+]([O-])c1cccc(O[C@@H]2C=C[C@H](OCc3ccccc3)[C@@H](COCc3ccccc3)O2)c1. The average Bonchev–Trinajstić information content (AvgIpc) is 2.85. The number of hydrogen-bond acceptors (Lipinski definition) is 6. The largest absolute Gasteiger partial charge is 0.461 e. The van der Waals surface area contributed by atoms with Crippen LogP contribution < -0.4 is 4.74 Å². The third-order valence-corrected chi connectivity index (χ3v) is 5.09. The van der Waals surface area contributed by atoms with E-state index in [0.29, 0.717) is 25.6 Å². The maximum atomic E-state index is 11.0. The van der Waals surface area contributed by atoms with Gasteiger partial charge < -0.3 is 18.9 Å². The number of nitro groups is 1. The number of nitro benzene ring substituents is 1. The summed E-state index contributed by atoms with van der Waals surface area (Å²) in [7, 11) is 0. The van der Waals surface area contributed by atoms with Gasteiger partial charge in [-0.2, -0.15) is 0 Å². The molecule has 0 N–H and O–H groups in total. The first-order chi connectivity index (χ1) is 16.2. The van der Waals surface area contributed by atoms with Crippen LogP contribution in [0.4, 0.5) is 5.69 Å². The highest BCUT2D eigenvalue weighted by atomic mass is 16.7. The molecule has 1 heterocycles. The lowest BCUT2D eigenvalue weighted by atomic mass is 10.1. The Morgan fingerprint density at radius 3 is 2.24 bits per heavy atom. The molecule has 3 atom stereocenters. The second-order valence-electron chi connectivity index (χ2n) is 7.56. The molecule has 0 unspecified atom stereocenters. The summed E-state index contributed by atoms with van der Waals surface area (Å²) in [4.78, 5) is 10.6. The van der Waals surface area contributed by atoms with Crippen molar-refractivity contribution in [3.05, 3.63) is 118 Å². The Kier molecular flexibility index (Phi) is 7.81. The van der Waals surface area contributed by atoms with E-state index in [1.54, 1.807) is 18.2 Å². The second-order valence-corrected chi connectivity index (χ2v) is 7.56. The Hall–Kier alpha value is -3.52. The van der Waals surface area contributed by atoms with E-state index in [-0.39, 0.29) is 11.8 Å². The van der Waals surface area contributed by atoms with Crippen LogP contribution in [0.5, 0.6) is 5.75 Å². The van der Waals surface area contributed by atoms with E-state index in [2.05, 4.69) is 0 Å². The van der Waals surface area contributed by atoms with Crippen LogP contribution in [-0.4, -0.2) is 30.0 Å². The molecule has 0 amide bonds. The van der Waals surface area contributed by atoms with Gasteiger partial charge in [0, 0.05) is 6.07 Å². The zero-order chi connectivity index (χ0) is 22.9. The van der Waals surface area contributed by atoms with Crippen molar-refractivity contribution in [3.8, 4) is 5.75 Å². The van der Waals surface area contributed by atoms with Gasteiger partial charge in [0.2, 0.25) is 6.29 Å². The fourth-order valence-electron chi connectivity index (χ4n) is 3.42. The molecule has 0 saturated carbocycles. The molecule has 0 aromatic heterocycles. The molecular formula is C26H25NO6. The lowest BCUT2D eigenvalue weighted by molar-refractivity contribution is -0.385. The Morgan fingerprint density at radius 2 is 1.55 bits per heavy atom. The fraction of sp³-hybridized carbons (Fsp3) is 0.231. The van der Waals surface area contributed by atoms with Crippen molar-refractivity contribution in [2.24, 2.45) is 0 Å². The molecule has 7 nitrogen and oxygen atoms in total. The van der Waals surface area contributed by atoms with Crippen molar-refractivity contribution in [2.75, 3.05) is 6.61 Å². The van der Waals surface area contributed by atoms with Gasteiger partial charge in [0.25, 0.3) is 5.69 Å². The van der Waals surface area contributed by atoms with Crippen molar-refractivity contribution >= 4 is 5.69 Å². The molecule has 3 aromatic rings. The number of nitrogens with zero attached hydrogens (tertiary/aromatic N) is 1. The number of ether oxygens (including phenoxy) is 4. The molecule has 33 heavy (non-hydrogen) atoms. The number of benzene rings is 3. The highest BCUT2D eigenvalue weighted by Crippen LogP contribution is 2.24. The monoisotopic (exact) mass is 447 g/mol. The van der Waals surface area contributed by atoms with E-state index in [9.17, 15) is 10.1 Å². The summed E-state index contributed by atoms with van der Waals surface area (Å²) in [6, 6.07) is 25.8. The first-order valence-electron chi connectivity index (χ1n) is 10.7. The topological polar surface area (TPSA) is 80.1 Å². The number of non-ortho nitro benzene ring substituents is 1. The molecule has 0 fully saturated rings. The molecular weight excluding hydrogens is 422 g/mol. The summed E-state index contributed by atoms with van der Waals surface area (Å²) in [5.41, 5.74) is 2.08. The second kappa shape index (κ2) is 11.4. The lowest BCUT2D eigenvalue weighted by Gasteiger charge is -2.32. The summed E-state index contributed by atoms with van der Waals surface area (Å²) >= 11 is 0. The number of rotatable bonds is 10. The average molecular weight is 447 g/mol. The van der Waals surface area contributed by atoms with Crippen molar-refractivity contribution in [3.63, 3.8) is 0 Å². The van der Waals surface area contributed by atoms with Crippen molar-refractivity contribution in [1.29, 1.82) is 0 Å². The molecule has 0 spiro atoms. The minimum atomic E-state index is -0.714. The molecule has 170 valence electrons. The van der Waals surface area contributed by atoms with Crippen molar-refractivity contribution in [2.45, 2.75) is 31.7 Å². The van der Waals surface area contributed by atoms with Crippen molar-refractivity contribution in [1.82, 2.24) is 0 Å². The Morgan fingerprint density at radius 1 is 0.848 bits per heavy atom. The molecule has 4 rings (SSSR count). The molecule has 0 radical (unpaired) electrons. The molecule has 7 heteroatoms. The van der Waals surface area contributed by atoms with Gasteiger partial charge in [-0.3, -0.25) is 10.1 Å². The number of hydrogen-bond donors (Lipinski definition) is 0. The van der Waals surface area contributed by atoms with E-state index in [1.165, 1.54) is 12.1 Å². The molecule has 0 aliphatic carbocycles. The Bertz CT molecular complexity index is 1060. The zero-order valence-corrected chi connectivity index (χ0v) is 18.0. The summed E-state index contributed by atoms with van der Waals surface area (Å²) < 4.78 is 23.9. The predicted octanol–water partition coefficient (Wildman–Crippen LogP) is 5.06. The normalized spacial score (nSPS) is 19.8. The lowest BCUT2D eigenvalue weighted by Crippen LogP contribution is -2.42. The van der Waals surface area contributed by atoms with Gasteiger partial charge in [0.05, 0.1) is 30.8 Å². The highest BCUT2D eigenvalue weighted by molar-refractivity contribution is 5.38. The summed E-state index contributed by atoms with van der Waals surface area (Å²) in [6.07, 6.45) is 2.19. The third kappa shape index (κ3) is 6.73. The van der Waals surface area contributed by atoms with E-state index < -0.39 is 17.3 Å². The third-order valence-electron chi connectivity index (χ3n) is 5.09. The van der Waals surface area contributed by atoms with Gasteiger partial charge >= 0.3 is 0 Å². The summed E-state index contributed by atoms with van der Waals surface area (Å²) in [5.74, 6) is 0.353. The Labute approximate surface area is 192 Å².